The second-order valence-electron chi connectivity index (χ2n) is 3.85. The Bertz CT molecular complexity index is 617. The summed E-state index contributed by atoms with van der Waals surface area (Å²) < 4.78 is 28.1. The van der Waals surface area contributed by atoms with E-state index in [4.69, 9.17) is 4.18 Å². The van der Waals surface area contributed by atoms with Crippen molar-refractivity contribution in [2.24, 2.45) is 0 Å². The van der Waals surface area contributed by atoms with Crippen molar-refractivity contribution >= 4 is 20.9 Å². The Labute approximate surface area is 101 Å². The molecule has 4 heteroatoms. The Kier molecular flexibility index (Phi) is 3.33. The van der Waals surface area contributed by atoms with E-state index in [1.165, 1.54) is 0 Å². The van der Waals surface area contributed by atoms with Crippen LogP contribution in [0, 0.1) is 0 Å². The molecule has 0 saturated carbocycles. The number of hydrogen-bond donors (Lipinski definition) is 0. The van der Waals surface area contributed by atoms with Crippen LogP contribution < -0.4 is 4.18 Å². The van der Waals surface area contributed by atoms with E-state index in [2.05, 4.69) is 0 Å². The van der Waals surface area contributed by atoms with E-state index >= 15 is 0 Å². The average molecular weight is 250 g/mol. The molecule has 0 unspecified atom stereocenters. The van der Waals surface area contributed by atoms with Gasteiger partial charge in [0.25, 0.3) is 0 Å². The zero-order chi connectivity index (χ0) is 12.3. The quantitative estimate of drug-likeness (QED) is 0.783. The van der Waals surface area contributed by atoms with Crippen LogP contribution in [-0.4, -0.2) is 14.2 Å². The first kappa shape index (κ1) is 11.9. The topological polar surface area (TPSA) is 43.4 Å². The van der Waals surface area contributed by atoms with Crippen LogP contribution in [-0.2, 0) is 10.1 Å². The van der Waals surface area contributed by atoms with Crippen LogP contribution in [0.1, 0.15) is 13.3 Å². The molecule has 90 valence electrons. The number of benzene rings is 2. The van der Waals surface area contributed by atoms with Gasteiger partial charge in [0.05, 0.1) is 5.75 Å². The third-order valence-corrected chi connectivity index (χ3v) is 3.75. The second-order valence-corrected chi connectivity index (χ2v) is 5.54. The Hall–Kier alpha value is -1.55. The fourth-order valence-corrected chi connectivity index (χ4v) is 2.64. The highest BCUT2D eigenvalue weighted by atomic mass is 32.2. The summed E-state index contributed by atoms with van der Waals surface area (Å²) in [6.45, 7) is 1.81. The van der Waals surface area contributed by atoms with Crippen LogP contribution in [0.4, 0.5) is 0 Å². The van der Waals surface area contributed by atoms with Crippen LogP contribution in [0.15, 0.2) is 42.5 Å². The molecule has 0 fully saturated rings. The van der Waals surface area contributed by atoms with Crippen molar-refractivity contribution in [1.82, 2.24) is 0 Å². The lowest BCUT2D eigenvalue weighted by Gasteiger charge is -2.06. The van der Waals surface area contributed by atoms with E-state index in [0.29, 0.717) is 12.2 Å². The molecule has 0 bridgehead atoms. The van der Waals surface area contributed by atoms with E-state index < -0.39 is 10.1 Å². The van der Waals surface area contributed by atoms with Gasteiger partial charge in [-0.3, -0.25) is 0 Å². The smallest absolute Gasteiger partial charge is 0.309 e. The highest BCUT2D eigenvalue weighted by molar-refractivity contribution is 7.87. The maximum atomic E-state index is 11.5. The lowest BCUT2D eigenvalue weighted by Crippen LogP contribution is -2.12. The van der Waals surface area contributed by atoms with Gasteiger partial charge in [0.15, 0.2) is 0 Å². The van der Waals surface area contributed by atoms with E-state index in [-0.39, 0.29) is 5.75 Å². The zero-order valence-corrected chi connectivity index (χ0v) is 10.4. The second kappa shape index (κ2) is 4.75. The molecule has 0 radical (unpaired) electrons. The molecule has 2 aromatic rings. The summed E-state index contributed by atoms with van der Waals surface area (Å²) in [5, 5.41) is 2.03. The Balaban J connectivity index is 2.31. The molecule has 0 atom stereocenters. The third-order valence-electron chi connectivity index (χ3n) is 2.40. The maximum Gasteiger partial charge on any atom is 0.309 e. The maximum absolute atomic E-state index is 11.5. The molecule has 0 saturated heterocycles. The van der Waals surface area contributed by atoms with Crippen molar-refractivity contribution in [3.63, 3.8) is 0 Å². The fourth-order valence-electron chi connectivity index (χ4n) is 1.66. The van der Waals surface area contributed by atoms with Gasteiger partial charge in [-0.1, -0.05) is 37.3 Å². The summed E-state index contributed by atoms with van der Waals surface area (Å²) in [6, 6.07) is 13.0. The van der Waals surface area contributed by atoms with Crippen molar-refractivity contribution in [2.75, 3.05) is 5.75 Å². The molecular weight excluding hydrogens is 236 g/mol. The van der Waals surface area contributed by atoms with Gasteiger partial charge >= 0.3 is 10.1 Å². The van der Waals surface area contributed by atoms with Crippen molar-refractivity contribution in [1.29, 1.82) is 0 Å². The standard InChI is InChI=1S/C13H14O3S/c1-2-9-17(14,15)16-13-8-7-11-5-3-4-6-12(11)10-13/h3-8,10H,2,9H2,1H3. The average Bonchev–Trinajstić information content (AvgIpc) is 2.28. The van der Waals surface area contributed by atoms with E-state index in [0.717, 1.165) is 10.8 Å². The van der Waals surface area contributed by atoms with Gasteiger partial charge in [0, 0.05) is 0 Å². The predicted octanol–water partition coefficient (Wildman–Crippen LogP) is 2.96. The predicted molar refractivity (Wildman–Crippen MR) is 68.7 cm³/mol. The Morgan fingerprint density at radius 1 is 1.06 bits per heavy atom. The summed E-state index contributed by atoms with van der Waals surface area (Å²) in [6.07, 6.45) is 0.552. The van der Waals surface area contributed by atoms with Crippen LogP contribution >= 0.6 is 0 Å². The van der Waals surface area contributed by atoms with Gasteiger partial charge in [-0.05, 0) is 29.3 Å². The summed E-state index contributed by atoms with van der Waals surface area (Å²) in [5.41, 5.74) is 0. The normalized spacial score (nSPS) is 11.6. The molecule has 2 aromatic carbocycles. The highest BCUT2D eigenvalue weighted by Crippen LogP contribution is 2.21. The van der Waals surface area contributed by atoms with Crippen LogP contribution in [0.5, 0.6) is 5.75 Å². The Morgan fingerprint density at radius 2 is 1.76 bits per heavy atom. The molecule has 17 heavy (non-hydrogen) atoms. The third kappa shape index (κ3) is 2.97. The van der Waals surface area contributed by atoms with Crippen molar-refractivity contribution < 1.29 is 12.6 Å². The molecule has 0 N–H and O–H groups in total. The monoisotopic (exact) mass is 250 g/mol. The lowest BCUT2D eigenvalue weighted by molar-refractivity contribution is 0.485. The summed E-state index contributed by atoms with van der Waals surface area (Å²) in [5.74, 6) is 0.414. The fraction of sp³-hybridized carbons (Fsp3) is 0.231. The van der Waals surface area contributed by atoms with E-state index in [1.807, 2.05) is 30.3 Å². The highest BCUT2D eigenvalue weighted by Gasteiger charge is 2.11. The molecule has 0 aliphatic heterocycles. The van der Waals surface area contributed by atoms with Gasteiger partial charge in [-0.2, -0.15) is 8.42 Å². The van der Waals surface area contributed by atoms with Gasteiger partial charge in [0.2, 0.25) is 0 Å². The molecular formula is C13H14O3S. The van der Waals surface area contributed by atoms with E-state index in [9.17, 15) is 8.42 Å². The molecule has 0 aromatic heterocycles. The van der Waals surface area contributed by atoms with Gasteiger partial charge in [-0.25, -0.2) is 0 Å². The SMILES string of the molecule is CCCS(=O)(=O)Oc1ccc2ccccc2c1. The van der Waals surface area contributed by atoms with Crippen LogP contribution in [0.2, 0.25) is 0 Å². The number of fused-ring (bicyclic) bond motifs is 1. The summed E-state index contributed by atoms with van der Waals surface area (Å²) >= 11 is 0. The molecule has 2 rings (SSSR count). The minimum absolute atomic E-state index is 0.0415. The van der Waals surface area contributed by atoms with E-state index in [1.54, 1.807) is 19.1 Å². The first-order chi connectivity index (χ1) is 8.11. The number of hydrogen-bond acceptors (Lipinski definition) is 3. The van der Waals surface area contributed by atoms with Crippen molar-refractivity contribution in [3.05, 3.63) is 42.5 Å². The minimum atomic E-state index is -3.45. The molecule has 3 nitrogen and oxygen atoms in total. The van der Waals surface area contributed by atoms with Gasteiger partial charge in [0.1, 0.15) is 5.75 Å². The molecule has 0 spiro atoms. The van der Waals surface area contributed by atoms with Crippen LogP contribution in [0.25, 0.3) is 10.8 Å². The zero-order valence-electron chi connectivity index (χ0n) is 9.59. The first-order valence-corrected chi connectivity index (χ1v) is 7.09. The summed E-state index contributed by atoms with van der Waals surface area (Å²) in [7, 11) is -3.45. The molecule has 0 amide bonds. The van der Waals surface area contributed by atoms with Crippen LogP contribution in [0.3, 0.4) is 0 Å². The molecule has 0 aliphatic rings. The molecule has 0 heterocycles. The van der Waals surface area contributed by atoms with Gasteiger partial charge in [-0.15, -0.1) is 0 Å². The van der Waals surface area contributed by atoms with Crippen molar-refractivity contribution in [2.45, 2.75) is 13.3 Å². The first-order valence-electron chi connectivity index (χ1n) is 5.52. The largest absolute Gasteiger partial charge is 0.382 e. The lowest BCUT2D eigenvalue weighted by atomic mass is 10.1. The van der Waals surface area contributed by atoms with Gasteiger partial charge < -0.3 is 4.18 Å². The minimum Gasteiger partial charge on any atom is -0.382 e. The molecule has 0 aliphatic carbocycles. The Morgan fingerprint density at radius 3 is 2.47 bits per heavy atom. The number of rotatable bonds is 4. The van der Waals surface area contributed by atoms with Crippen molar-refractivity contribution in [3.8, 4) is 5.75 Å². The summed E-state index contributed by atoms with van der Waals surface area (Å²) in [4.78, 5) is 0.